The minimum absolute atomic E-state index is 0.386. The number of rotatable bonds is 2. The van der Waals surface area contributed by atoms with Crippen molar-refractivity contribution in [3.8, 4) is 0 Å². The smallest absolute Gasteiger partial charge is 0.322 e. The molecule has 74 valence electrons. The van der Waals surface area contributed by atoms with Gasteiger partial charge in [0.05, 0.1) is 18.2 Å². The normalized spacial score (nSPS) is 14.5. The highest BCUT2D eigenvalue weighted by atomic mass is 19.4. The van der Waals surface area contributed by atoms with Gasteiger partial charge in [-0.2, -0.15) is 18.3 Å². The van der Waals surface area contributed by atoms with Gasteiger partial charge >= 0.3 is 6.18 Å². The lowest BCUT2D eigenvalue weighted by Gasteiger charge is -2.13. The Kier molecular flexibility index (Phi) is 2.60. The standard InChI is InChI=1S/C7H10F3N3/c1-13-6(2-3-12-13)5(11)4-7(8,9)10/h2-3,5H,4,11H2,1H3. The molecule has 0 amide bonds. The Balaban J connectivity index is 2.69. The summed E-state index contributed by atoms with van der Waals surface area (Å²) in [6.45, 7) is 0. The number of hydrogen-bond donors (Lipinski definition) is 1. The molecule has 0 saturated carbocycles. The van der Waals surface area contributed by atoms with E-state index < -0.39 is 18.6 Å². The molecule has 1 aromatic rings. The number of nitrogens with zero attached hydrogens (tertiary/aromatic N) is 2. The van der Waals surface area contributed by atoms with Crippen LogP contribution >= 0.6 is 0 Å². The first kappa shape index (κ1) is 10.0. The average Bonchev–Trinajstić information content (AvgIpc) is 2.30. The molecule has 3 nitrogen and oxygen atoms in total. The predicted molar refractivity (Wildman–Crippen MR) is 40.8 cm³/mol. The number of aryl methyl sites for hydroxylation is 1. The zero-order valence-corrected chi connectivity index (χ0v) is 7.04. The molecule has 0 aromatic carbocycles. The highest BCUT2D eigenvalue weighted by Gasteiger charge is 2.31. The van der Waals surface area contributed by atoms with Crippen LogP contribution in [0.25, 0.3) is 0 Å². The second-order valence-electron chi connectivity index (χ2n) is 2.81. The van der Waals surface area contributed by atoms with Crippen LogP contribution in [0.2, 0.25) is 0 Å². The zero-order chi connectivity index (χ0) is 10.1. The molecule has 0 spiro atoms. The lowest BCUT2D eigenvalue weighted by Crippen LogP contribution is -2.22. The first-order valence-corrected chi connectivity index (χ1v) is 3.70. The lowest BCUT2D eigenvalue weighted by atomic mass is 10.1. The molecule has 0 fully saturated rings. The average molecular weight is 193 g/mol. The highest BCUT2D eigenvalue weighted by molar-refractivity contribution is 5.05. The molecule has 1 rings (SSSR count). The van der Waals surface area contributed by atoms with Crippen molar-refractivity contribution in [2.45, 2.75) is 18.6 Å². The van der Waals surface area contributed by atoms with E-state index in [1.54, 1.807) is 7.05 Å². The maximum atomic E-state index is 11.9. The van der Waals surface area contributed by atoms with Gasteiger partial charge in [0.25, 0.3) is 0 Å². The third kappa shape index (κ3) is 2.73. The SMILES string of the molecule is Cn1nccc1C(N)CC(F)(F)F. The molecule has 13 heavy (non-hydrogen) atoms. The molecular weight excluding hydrogens is 183 g/mol. The second kappa shape index (κ2) is 3.37. The van der Waals surface area contributed by atoms with Crippen LogP contribution < -0.4 is 5.73 Å². The summed E-state index contributed by atoms with van der Waals surface area (Å²) in [4.78, 5) is 0. The minimum atomic E-state index is -4.23. The van der Waals surface area contributed by atoms with Gasteiger partial charge in [-0.05, 0) is 6.07 Å². The Morgan fingerprint density at radius 1 is 1.62 bits per heavy atom. The molecule has 0 radical (unpaired) electrons. The summed E-state index contributed by atoms with van der Waals surface area (Å²) in [5, 5.41) is 3.74. The van der Waals surface area contributed by atoms with E-state index >= 15 is 0 Å². The van der Waals surface area contributed by atoms with Crippen molar-refractivity contribution in [3.05, 3.63) is 18.0 Å². The van der Waals surface area contributed by atoms with E-state index in [9.17, 15) is 13.2 Å². The number of alkyl halides is 3. The van der Waals surface area contributed by atoms with E-state index in [-0.39, 0.29) is 0 Å². The Hall–Kier alpha value is -1.04. The minimum Gasteiger partial charge on any atom is -0.322 e. The fourth-order valence-electron chi connectivity index (χ4n) is 1.10. The van der Waals surface area contributed by atoms with Gasteiger partial charge in [0.15, 0.2) is 0 Å². The number of aromatic nitrogens is 2. The monoisotopic (exact) mass is 193 g/mol. The topological polar surface area (TPSA) is 43.8 Å². The molecule has 6 heteroatoms. The van der Waals surface area contributed by atoms with E-state index in [1.165, 1.54) is 16.9 Å². The van der Waals surface area contributed by atoms with Crippen molar-refractivity contribution in [3.63, 3.8) is 0 Å². The molecule has 0 bridgehead atoms. The van der Waals surface area contributed by atoms with Crippen molar-refractivity contribution in [2.75, 3.05) is 0 Å². The summed E-state index contributed by atoms with van der Waals surface area (Å²) < 4.78 is 37.1. The molecule has 1 aromatic heterocycles. The van der Waals surface area contributed by atoms with Crippen molar-refractivity contribution in [2.24, 2.45) is 12.8 Å². The molecule has 0 saturated heterocycles. The highest BCUT2D eigenvalue weighted by Crippen LogP contribution is 2.27. The summed E-state index contributed by atoms with van der Waals surface area (Å²) in [6.07, 6.45) is -3.83. The molecule has 1 unspecified atom stereocenters. The number of hydrogen-bond acceptors (Lipinski definition) is 2. The van der Waals surface area contributed by atoms with Crippen LogP contribution in [0, 0.1) is 0 Å². The third-order valence-electron chi connectivity index (χ3n) is 1.69. The molecule has 0 aliphatic rings. The van der Waals surface area contributed by atoms with Crippen molar-refractivity contribution in [1.29, 1.82) is 0 Å². The molecular formula is C7H10F3N3. The van der Waals surface area contributed by atoms with E-state index in [4.69, 9.17) is 5.73 Å². The Morgan fingerprint density at radius 3 is 2.62 bits per heavy atom. The summed E-state index contributed by atoms with van der Waals surface area (Å²) >= 11 is 0. The molecule has 1 atom stereocenters. The third-order valence-corrected chi connectivity index (χ3v) is 1.69. The Bertz CT molecular complexity index is 279. The van der Waals surface area contributed by atoms with Crippen molar-refractivity contribution >= 4 is 0 Å². The maximum absolute atomic E-state index is 11.9. The van der Waals surface area contributed by atoms with Crippen LogP contribution in [0.3, 0.4) is 0 Å². The number of nitrogens with two attached hydrogens (primary N) is 1. The van der Waals surface area contributed by atoms with Gasteiger partial charge in [0, 0.05) is 13.2 Å². The van der Waals surface area contributed by atoms with Crippen LogP contribution in [0.15, 0.2) is 12.3 Å². The fourth-order valence-corrected chi connectivity index (χ4v) is 1.10. The van der Waals surface area contributed by atoms with Crippen LogP contribution in [0.1, 0.15) is 18.2 Å². The maximum Gasteiger partial charge on any atom is 0.390 e. The van der Waals surface area contributed by atoms with Gasteiger partial charge < -0.3 is 5.73 Å². The molecule has 0 aliphatic carbocycles. The first-order chi connectivity index (χ1) is 5.90. The van der Waals surface area contributed by atoms with E-state index in [0.29, 0.717) is 5.69 Å². The van der Waals surface area contributed by atoms with Gasteiger partial charge in [0.1, 0.15) is 0 Å². The predicted octanol–water partition coefficient (Wildman–Crippen LogP) is 1.37. The van der Waals surface area contributed by atoms with E-state index in [0.717, 1.165) is 0 Å². The van der Waals surface area contributed by atoms with E-state index in [2.05, 4.69) is 5.10 Å². The van der Waals surface area contributed by atoms with Gasteiger partial charge in [-0.25, -0.2) is 0 Å². The van der Waals surface area contributed by atoms with Gasteiger partial charge in [-0.15, -0.1) is 0 Å². The van der Waals surface area contributed by atoms with Crippen LogP contribution in [-0.2, 0) is 7.05 Å². The van der Waals surface area contributed by atoms with Gasteiger partial charge in [0.2, 0.25) is 0 Å². The quantitative estimate of drug-likeness (QED) is 0.770. The van der Waals surface area contributed by atoms with Crippen LogP contribution in [-0.4, -0.2) is 16.0 Å². The summed E-state index contributed by atoms with van der Waals surface area (Å²) in [7, 11) is 1.56. The van der Waals surface area contributed by atoms with Crippen molar-refractivity contribution in [1.82, 2.24) is 9.78 Å². The summed E-state index contributed by atoms with van der Waals surface area (Å²) in [5.41, 5.74) is 5.73. The largest absolute Gasteiger partial charge is 0.390 e. The van der Waals surface area contributed by atoms with Crippen molar-refractivity contribution < 1.29 is 13.2 Å². The molecule has 2 N–H and O–H groups in total. The molecule has 0 aliphatic heterocycles. The first-order valence-electron chi connectivity index (χ1n) is 3.70. The lowest BCUT2D eigenvalue weighted by molar-refractivity contribution is -0.138. The molecule has 1 heterocycles. The Labute approximate surface area is 73.3 Å². The summed E-state index contributed by atoms with van der Waals surface area (Å²) in [6, 6.07) is 0.448. The van der Waals surface area contributed by atoms with E-state index in [1.807, 2.05) is 0 Å². The van der Waals surface area contributed by atoms with Gasteiger partial charge in [-0.3, -0.25) is 4.68 Å². The number of halogens is 3. The second-order valence-corrected chi connectivity index (χ2v) is 2.81. The van der Waals surface area contributed by atoms with Gasteiger partial charge in [-0.1, -0.05) is 0 Å². The van der Waals surface area contributed by atoms with Crippen LogP contribution in [0.4, 0.5) is 13.2 Å². The van der Waals surface area contributed by atoms with Crippen LogP contribution in [0.5, 0.6) is 0 Å². The Morgan fingerprint density at radius 2 is 2.23 bits per heavy atom. The fraction of sp³-hybridized carbons (Fsp3) is 0.571. The summed E-state index contributed by atoms with van der Waals surface area (Å²) in [5.74, 6) is 0. The zero-order valence-electron chi connectivity index (χ0n) is 7.04.